The maximum absolute atomic E-state index is 7.27. The molecule has 0 radical (unpaired) electrons. The van der Waals surface area contributed by atoms with Crippen LogP contribution in [-0.2, 0) is 4.74 Å². The highest BCUT2D eigenvalue weighted by Crippen LogP contribution is 2.47. The minimum atomic E-state index is 0. The zero-order chi connectivity index (χ0) is 50.6. The first kappa shape index (κ1) is 55.6. The van der Waals surface area contributed by atoms with Crippen LogP contribution < -0.4 is 35.9 Å². The summed E-state index contributed by atoms with van der Waals surface area (Å²) in [6, 6.07) is 52.2. The van der Waals surface area contributed by atoms with E-state index in [-0.39, 0.29) is 17.0 Å². The molecule has 0 aliphatic carbocycles. The number of ether oxygens (including phenoxy) is 5. The van der Waals surface area contributed by atoms with Crippen LogP contribution in [0.1, 0.15) is 117 Å². The Kier molecular flexibility index (Phi) is 21.6. The SMILES string of the molecule is CCCCCCCCCC[N+]1(CCCCCCCCCC)CCOc2ccc3ccccc3c2-c2c(ccc3ccccc23)OCCOCCOc2ccc3ccccc3c2-c2c(ccc3ccccc23)OCC1.[Br-]. The van der Waals surface area contributed by atoms with Crippen molar-refractivity contribution in [2.75, 3.05) is 65.8 Å². The third-order valence-corrected chi connectivity index (χ3v) is 15.7. The molecule has 0 N–H and O–H groups in total. The van der Waals surface area contributed by atoms with Crippen LogP contribution in [0.25, 0.3) is 65.3 Å². The highest BCUT2D eigenvalue weighted by atomic mass is 79.9. The summed E-state index contributed by atoms with van der Waals surface area (Å²) in [6.45, 7) is 11.4. The van der Waals surface area contributed by atoms with Gasteiger partial charge in [0.1, 0.15) is 62.5 Å². The van der Waals surface area contributed by atoms with Gasteiger partial charge in [-0.15, -0.1) is 0 Å². The Morgan fingerprint density at radius 3 is 0.907 bits per heavy atom. The first-order chi connectivity index (χ1) is 36.7. The Hall–Kier alpha value is -5.60. The van der Waals surface area contributed by atoms with Crippen molar-refractivity contribution in [3.63, 3.8) is 0 Å². The van der Waals surface area contributed by atoms with Gasteiger partial charge in [-0.3, -0.25) is 0 Å². The number of nitrogens with zero attached hydrogens (tertiary/aromatic N) is 1. The van der Waals surface area contributed by atoms with Gasteiger partial charge in [0.25, 0.3) is 0 Å². The van der Waals surface area contributed by atoms with Crippen LogP contribution >= 0.6 is 0 Å². The average Bonchev–Trinajstić information content (AvgIpc) is 3.44. The third-order valence-electron chi connectivity index (χ3n) is 15.7. The molecule has 7 heteroatoms. The largest absolute Gasteiger partial charge is 1.00 e. The lowest BCUT2D eigenvalue weighted by Crippen LogP contribution is -3.00. The Morgan fingerprint density at radius 1 is 0.307 bits per heavy atom. The molecule has 0 atom stereocenters. The standard InChI is InChI=1S/C68H82NO5.BrH/c1-3-5-7-9-11-13-15-25-43-69(44-26-16-14-12-10-8-6-4-2)45-47-71-61-39-35-53-27-17-21-31-57(53)65(61)67-59-33-23-19-29-55(59)37-41-63(67)73-51-49-70-50-52-74-64-42-38-56-30-20-24-34-60(56)68(64)66-58-32-22-18-28-54(58)36-40-62(66)72-48-46-69;/h17-24,27-42H,3-16,25-26,43-52H2,1-2H3;1H/q+1;/p-1. The van der Waals surface area contributed by atoms with E-state index in [0.29, 0.717) is 39.6 Å². The van der Waals surface area contributed by atoms with Gasteiger partial charge in [-0.1, -0.05) is 212 Å². The first-order valence-electron chi connectivity index (χ1n) is 28.7. The molecular weight excluding hydrogens is 991 g/mol. The zero-order valence-electron chi connectivity index (χ0n) is 45.1. The van der Waals surface area contributed by atoms with Crippen molar-refractivity contribution in [2.45, 2.75) is 117 Å². The molecule has 9 rings (SSSR count). The molecule has 0 bridgehead atoms. The van der Waals surface area contributed by atoms with Crippen molar-refractivity contribution in [2.24, 2.45) is 0 Å². The number of unbranched alkanes of at least 4 members (excludes halogenated alkanes) is 14. The van der Waals surface area contributed by atoms with Crippen LogP contribution in [0, 0.1) is 0 Å². The Morgan fingerprint density at radius 2 is 0.587 bits per heavy atom. The number of hydrogen-bond acceptors (Lipinski definition) is 5. The smallest absolute Gasteiger partial charge is 0.137 e. The molecule has 75 heavy (non-hydrogen) atoms. The van der Waals surface area contributed by atoms with Gasteiger partial charge < -0.3 is 45.1 Å². The monoisotopic (exact) mass is 1070 g/mol. The quantitative estimate of drug-likeness (QED) is 0.0633. The lowest BCUT2D eigenvalue weighted by molar-refractivity contribution is -0.928. The topological polar surface area (TPSA) is 46.2 Å². The van der Waals surface area contributed by atoms with E-state index < -0.39 is 0 Å². The normalized spacial score (nSPS) is 14.4. The van der Waals surface area contributed by atoms with Gasteiger partial charge in [-0.2, -0.15) is 0 Å². The van der Waals surface area contributed by atoms with Crippen LogP contribution in [0.5, 0.6) is 23.0 Å². The lowest BCUT2D eigenvalue weighted by Gasteiger charge is -2.39. The molecular formula is C68H82BrNO5. The Balaban J connectivity index is 0.00000747. The van der Waals surface area contributed by atoms with Gasteiger partial charge in [0.05, 0.1) is 26.3 Å². The molecule has 1 aliphatic heterocycles. The Bertz CT molecular complexity index is 2820. The molecule has 0 saturated carbocycles. The predicted octanol–water partition coefficient (Wildman–Crippen LogP) is 15.0. The van der Waals surface area contributed by atoms with Crippen molar-refractivity contribution < 1.29 is 45.1 Å². The molecule has 0 unspecified atom stereocenters. The van der Waals surface area contributed by atoms with Crippen LogP contribution in [0.3, 0.4) is 0 Å². The summed E-state index contributed by atoms with van der Waals surface area (Å²) in [5, 5.41) is 9.26. The van der Waals surface area contributed by atoms with Crippen LogP contribution in [0.2, 0.25) is 0 Å². The fourth-order valence-corrected chi connectivity index (χ4v) is 11.6. The lowest BCUT2D eigenvalue weighted by atomic mass is 9.92. The highest BCUT2D eigenvalue weighted by Gasteiger charge is 2.29. The van der Waals surface area contributed by atoms with E-state index in [9.17, 15) is 0 Å². The molecule has 8 aromatic rings. The van der Waals surface area contributed by atoms with E-state index in [1.807, 2.05) is 0 Å². The summed E-state index contributed by atoms with van der Waals surface area (Å²) < 4.78 is 35.3. The summed E-state index contributed by atoms with van der Waals surface area (Å²) in [4.78, 5) is 0. The predicted molar refractivity (Wildman–Crippen MR) is 312 cm³/mol. The van der Waals surface area contributed by atoms with Crippen molar-refractivity contribution in [1.29, 1.82) is 0 Å². The van der Waals surface area contributed by atoms with Gasteiger partial charge in [0, 0.05) is 22.3 Å². The van der Waals surface area contributed by atoms with E-state index in [0.717, 1.165) is 108 Å². The van der Waals surface area contributed by atoms with Crippen molar-refractivity contribution >= 4 is 43.1 Å². The number of fused-ring (bicyclic) bond motifs is 14. The van der Waals surface area contributed by atoms with E-state index in [1.54, 1.807) is 0 Å². The van der Waals surface area contributed by atoms with E-state index in [4.69, 9.17) is 23.7 Å². The molecule has 0 aromatic heterocycles. The zero-order valence-corrected chi connectivity index (χ0v) is 46.7. The van der Waals surface area contributed by atoms with Gasteiger partial charge >= 0.3 is 0 Å². The van der Waals surface area contributed by atoms with E-state index in [2.05, 4.69) is 159 Å². The number of hydrogen-bond donors (Lipinski definition) is 0. The molecule has 1 heterocycles. The molecule has 1 aliphatic rings. The second-order valence-electron chi connectivity index (χ2n) is 20.8. The van der Waals surface area contributed by atoms with E-state index in [1.165, 1.54) is 114 Å². The Labute approximate surface area is 459 Å². The number of rotatable bonds is 18. The molecule has 0 amide bonds. The highest BCUT2D eigenvalue weighted by molar-refractivity contribution is 6.11. The molecule has 6 nitrogen and oxygen atoms in total. The van der Waals surface area contributed by atoms with Crippen molar-refractivity contribution in [1.82, 2.24) is 0 Å². The van der Waals surface area contributed by atoms with Gasteiger partial charge in [0.15, 0.2) is 0 Å². The summed E-state index contributed by atoms with van der Waals surface area (Å²) in [5.41, 5.74) is 4.27. The number of halogens is 1. The fraction of sp³-hybridized carbons (Fsp3) is 0.412. The van der Waals surface area contributed by atoms with Crippen LogP contribution in [-0.4, -0.2) is 70.3 Å². The maximum atomic E-state index is 7.27. The third kappa shape index (κ3) is 14.5. The van der Waals surface area contributed by atoms with Crippen molar-refractivity contribution in [3.8, 4) is 45.3 Å². The maximum Gasteiger partial charge on any atom is 0.137 e. The molecule has 0 spiro atoms. The minimum absolute atomic E-state index is 0. The summed E-state index contributed by atoms with van der Waals surface area (Å²) >= 11 is 0. The number of benzene rings is 8. The summed E-state index contributed by atoms with van der Waals surface area (Å²) in [5.74, 6) is 3.43. The van der Waals surface area contributed by atoms with Crippen LogP contribution in [0.15, 0.2) is 146 Å². The minimum Gasteiger partial charge on any atom is -1.00 e. The van der Waals surface area contributed by atoms with Gasteiger partial charge in [-0.25, -0.2) is 0 Å². The van der Waals surface area contributed by atoms with Gasteiger partial charge in [-0.05, 0) is 93.0 Å². The summed E-state index contributed by atoms with van der Waals surface area (Å²) in [7, 11) is 0. The van der Waals surface area contributed by atoms with Crippen LogP contribution in [0.4, 0.5) is 0 Å². The van der Waals surface area contributed by atoms with E-state index >= 15 is 0 Å². The second kappa shape index (κ2) is 29.1. The average molecular weight is 1070 g/mol. The molecule has 0 fully saturated rings. The van der Waals surface area contributed by atoms with Gasteiger partial charge in [0.2, 0.25) is 0 Å². The molecule has 396 valence electrons. The molecule has 0 saturated heterocycles. The molecule has 8 aromatic carbocycles. The second-order valence-corrected chi connectivity index (χ2v) is 20.8. The fourth-order valence-electron chi connectivity index (χ4n) is 11.6. The summed E-state index contributed by atoms with van der Waals surface area (Å²) in [6.07, 6.45) is 20.8. The van der Waals surface area contributed by atoms with Crippen molar-refractivity contribution in [3.05, 3.63) is 146 Å². The number of quaternary nitrogens is 1. The first-order valence-corrected chi connectivity index (χ1v) is 28.7.